The number of amides is 1. The van der Waals surface area contributed by atoms with Gasteiger partial charge in [-0.05, 0) is 103 Å². The summed E-state index contributed by atoms with van der Waals surface area (Å²) in [6.07, 6.45) is 50.4. The second-order valence-electron chi connectivity index (χ2n) is 14.2. The van der Waals surface area contributed by atoms with Crippen LogP contribution in [0.15, 0.2) is 48.6 Å². The van der Waals surface area contributed by atoms with Crippen molar-refractivity contribution in [2.45, 2.75) is 213 Å². The molecule has 0 rings (SSSR count). The highest BCUT2D eigenvalue weighted by Crippen LogP contribution is 2.18. The molecule has 0 aromatic rings. The lowest BCUT2D eigenvalue weighted by Crippen LogP contribution is -2.32. The van der Waals surface area contributed by atoms with E-state index in [0.717, 1.165) is 64.2 Å². The number of allylic oxidation sites excluding steroid dienone is 8. The first-order valence-electron chi connectivity index (χ1n) is 21.3. The molecule has 0 bridgehead atoms. The van der Waals surface area contributed by atoms with Crippen LogP contribution in [0.4, 0.5) is 0 Å². The summed E-state index contributed by atoms with van der Waals surface area (Å²) in [4.78, 5) is 35.3. The molecule has 0 aliphatic heterocycles. The molecule has 51 heavy (non-hydrogen) atoms. The van der Waals surface area contributed by atoms with Crippen LogP contribution >= 0.6 is 0 Å². The number of ether oxygens (including phenoxy) is 1. The molecule has 0 aromatic carbocycles. The van der Waals surface area contributed by atoms with Crippen LogP contribution in [0.1, 0.15) is 206 Å². The lowest BCUT2D eigenvalue weighted by atomic mass is 10.0. The molecule has 0 spiro atoms. The minimum Gasteiger partial charge on any atom is -0.481 e. The highest BCUT2D eigenvalue weighted by atomic mass is 16.5. The van der Waals surface area contributed by atoms with Crippen LogP contribution in [0, 0.1) is 0 Å². The number of carbonyl (C=O) groups excluding carboxylic acids is 2. The van der Waals surface area contributed by atoms with Gasteiger partial charge in [0.25, 0.3) is 0 Å². The molecule has 0 aromatic heterocycles. The first-order chi connectivity index (χ1) is 25.0. The quantitative estimate of drug-likeness (QED) is 0.0377. The van der Waals surface area contributed by atoms with Crippen molar-refractivity contribution in [3.63, 3.8) is 0 Å². The topological polar surface area (TPSA) is 92.7 Å². The molecule has 1 amide bonds. The molecule has 0 heterocycles. The van der Waals surface area contributed by atoms with Gasteiger partial charge in [-0.2, -0.15) is 0 Å². The third-order valence-corrected chi connectivity index (χ3v) is 9.23. The number of hydrogen-bond donors (Lipinski definition) is 2. The Kier molecular flexibility index (Phi) is 38.1. The molecule has 6 heteroatoms. The number of carboxylic acid groups (broad SMARTS) is 1. The monoisotopic (exact) mass is 714 g/mol. The molecule has 0 saturated carbocycles. The van der Waals surface area contributed by atoms with E-state index in [0.29, 0.717) is 12.8 Å². The van der Waals surface area contributed by atoms with E-state index in [1.165, 1.54) is 103 Å². The van der Waals surface area contributed by atoms with Crippen LogP contribution in [0.3, 0.4) is 0 Å². The summed E-state index contributed by atoms with van der Waals surface area (Å²) in [6, 6.07) is 0. The number of carboxylic acids is 1. The van der Waals surface area contributed by atoms with Crippen molar-refractivity contribution in [3.05, 3.63) is 48.6 Å². The summed E-state index contributed by atoms with van der Waals surface area (Å²) >= 11 is 0. The fourth-order valence-electron chi connectivity index (χ4n) is 6.03. The maximum absolute atomic E-state index is 12.6. The maximum Gasteiger partial charge on any atom is 0.325 e. The predicted octanol–water partition coefficient (Wildman–Crippen LogP) is 13.1. The average Bonchev–Trinajstić information content (AvgIpc) is 3.11. The van der Waals surface area contributed by atoms with E-state index in [2.05, 4.69) is 67.8 Å². The number of nitrogens with one attached hydrogen (secondary N) is 1. The number of unbranched alkanes of at least 4 members (excludes halogenated alkanes) is 19. The number of rotatable bonds is 38. The Hall–Kier alpha value is -2.63. The van der Waals surface area contributed by atoms with Crippen LogP contribution in [-0.2, 0) is 19.1 Å². The van der Waals surface area contributed by atoms with E-state index in [1.54, 1.807) is 0 Å². The van der Waals surface area contributed by atoms with Gasteiger partial charge >= 0.3 is 11.9 Å². The maximum atomic E-state index is 12.6. The largest absolute Gasteiger partial charge is 0.481 e. The summed E-state index contributed by atoms with van der Waals surface area (Å²) in [5.74, 6) is -1.47. The Morgan fingerprint density at radius 2 is 0.902 bits per heavy atom. The standard InChI is InChI=1S/C45H79NO5/c1-3-5-7-9-11-13-15-17-19-21-23-25-27-29-31-33-37-42(51-45(50)41-46-43(47)39-35-36-40-44(48)49)38-34-32-30-28-26-24-22-20-18-16-14-12-10-8-6-4-2/h11-14,17-20,42H,3-10,15-16,21-41H2,1-2H3,(H,46,47)(H,48,49)/b13-11-,14-12-,19-17-,20-18-. The second kappa shape index (κ2) is 40.1. The third kappa shape index (κ3) is 40.0. The van der Waals surface area contributed by atoms with Gasteiger partial charge in [-0.25, -0.2) is 0 Å². The molecule has 0 saturated heterocycles. The fraction of sp³-hybridized carbons (Fsp3) is 0.756. The van der Waals surface area contributed by atoms with Crippen LogP contribution in [-0.4, -0.2) is 35.6 Å². The van der Waals surface area contributed by atoms with Gasteiger partial charge in [-0.3, -0.25) is 14.4 Å². The van der Waals surface area contributed by atoms with Crippen molar-refractivity contribution in [3.8, 4) is 0 Å². The smallest absolute Gasteiger partial charge is 0.325 e. The van der Waals surface area contributed by atoms with Crippen LogP contribution in [0.25, 0.3) is 0 Å². The highest BCUT2D eigenvalue weighted by molar-refractivity contribution is 5.81. The fourth-order valence-corrected chi connectivity index (χ4v) is 6.03. The van der Waals surface area contributed by atoms with Gasteiger partial charge in [0.05, 0.1) is 0 Å². The first kappa shape index (κ1) is 48.4. The zero-order valence-electron chi connectivity index (χ0n) is 33.2. The molecular formula is C45H79NO5. The summed E-state index contributed by atoms with van der Waals surface area (Å²) < 4.78 is 5.85. The Morgan fingerprint density at radius 3 is 1.33 bits per heavy atom. The van der Waals surface area contributed by atoms with Crippen molar-refractivity contribution >= 4 is 17.8 Å². The van der Waals surface area contributed by atoms with Crippen molar-refractivity contribution in [1.82, 2.24) is 5.32 Å². The van der Waals surface area contributed by atoms with Crippen molar-refractivity contribution in [2.75, 3.05) is 6.54 Å². The van der Waals surface area contributed by atoms with Gasteiger partial charge in [-0.1, -0.05) is 140 Å². The minimum absolute atomic E-state index is 0.0560. The first-order valence-corrected chi connectivity index (χ1v) is 21.3. The molecule has 0 radical (unpaired) electrons. The number of esters is 1. The lowest BCUT2D eigenvalue weighted by molar-refractivity contribution is -0.149. The van der Waals surface area contributed by atoms with E-state index < -0.39 is 5.97 Å². The normalized spacial score (nSPS) is 12.0. The van der Waals surface area contributed by atoms with Gasteiger partial charge in [-0.15, -0.1) is 0 Å². The zero-order chi connectivity index (χ0) is 37.3. The lowest BCUT2D eigenvalue weighted by Gasteiger charge is -2.18. The number of aliphatic carboxylic acids is 1. The molecule has 0 aliphatic carbocycles. The van der Waals surface area contributed by atoms with Crippen molar-refractivity contribution < 1.29 is 24.2 Å². The zero-order valence-corrected chi connectivity index (χ0v) is 33.2. The van der Waals surface area contributed by atoms with Gasteiger partial charge in [0, 0.05) is 12.8 Å². The van der Waals surface area contributed by atoms with Gasteiger partial charge < -0.3 is 15.2 Å². The Morgan fingerprint density at radius 1 is 0.510 bits per heavy atom. The van der Waals surface area contributed by atoms with E-state index in [1.807, 2.05) is 0 Å². The summed E-state index contributed by atoms with van der Waals surface area (Å²) in [7, 11) is 0. The van der Waals surface area contributed by atoms with Crippen molar-refractivity contribution in [2.24, 2.45) is 0 Å². The summed E-state index contributed by atoms with van der Waals surface area (Å²) in [5.41, 5.74) is 0. The summed E-state index contributed by atoms with van der Waals surface area (Å²) in [6.45, 7) is 4.37. The van der Waals surface area contributed by atoms with Crippen LogP contribution in [0.2, 0.25) is 0 Å². The molecule has 0 fully saturated rings. The summed E-state index contributed by atoms with van der Waals surface area (Å²) in [5, 5.41) is 11.4. The van der Waals surface area contributed by atoms with E-state index in [-0.39, 0.29) is 37.4 Å². The van der Waals surface area contributed by atoms with Gasteiger partial charge in [0.1, 0.15) is 12.6 Å². The Labute approximate surface area is 314 Å². The molecule has 0 atom stereocenters. The van der Waals surface area contributed by atoms with E-state index >= 15 is 0 Å². The molecule has 2 N–H and O–H groups in total. The SMILES string of the molecule is CCCCC/C=C\C/C=C\CCCCCCCCC(CCCCCCCC/C=C\C/C=C\CCCCC)OC(=O)CNC(=O)CCCCC(=O)O. The molecule has 0 unspecified atom stereocenters. The van der Waals surface area contributed by atoms with E-state index in [4.69, 9.17) is 9.84 Å². The van der Waals surface area contributed by atoms with E-state index in [9.17, 15) is 14.4 Å². The third-order valence-electron chi connectivity index (χ3n) is 9.23. The highest BCUT2D eigenvalue weighted by Gasteiger charge is 2.15. The molecule has 6 nitrogen and oxygen atoms in total. The molecule has 0 aliphatic rings. The number of carbonyl (C=O) groups is 3. The van der Waals surface area contributed by atoms with Crippen LogP contribution in [0.5, 0.6) is 0 Å². The average molecular weight is 714 g/mol. The minimum atomic E-state index is -0.857. The Bertz CT molecular complexity index is 874. The number of hydrogen-bond acceptors (Lipinski definition) is 4. The predicted molar refractivity (Wildman–Crippen MR) is 217 cm³/mol. The van der Waals surface area contributed by atoms with Gasteiger partial charge in [0.15, 0.2) is 0 Å². The molecular weight excluding hydrogens is 634 g/mol. The van der Waals surface area contributed by atoms with Crippen LogP contribution < -0.4 is 5.32 Å². The molecule has 294 valence electrons. The second-order valence-corrected chi connectivity index (χ2v) is 14.2. The van der Waals surface area contributed by atoms with Crippen molar-refractivity contribution in [1.29, 1.82) is 0 Å². The van der Waals surface area contributed by atoms with Gasteiger partial charge in [0.2, 0.25) is 5.91 Å². The Balaban J connectivity index is 4.26.